The van der Waals surface area contributed by atoms with E-state index in [0.717, 1.165) is 24.5 Å². The number of hydrogen-bond acceptors (Lipinski definition) is 4. The molecule has 0 aliphatic carbocycles. The first-order valence-electron chi connectivity index (χ1n) is 6.97. The van der Waals surface area contributed by atoms with Gasteiger partial charge in [0.2, 0.25) is 0 Å². The van der Waals surface area contributed by atoms with Gasteiger partial charge in [-0.25, -0.2) is 0 Å². The van der Waals surface area contributed by atoms with Crippen LogP contribution < -0.4 is 15.0 Å². The first kappa shape index (κ1) is 14.2. The van der Waals surface area contributed by atoms with Crippen molar-refractivity contribution in [1.29, 1.82) is 0 Å². The third-order valence-corrected chi connectivity index (χ3v) is 3.24. The number of aliphatic hydroxyl groups is 1. The molecule has 2 unspecified atom stereocenters. The molecule has 1 aliphatic rings. The lowest BCUT2D eigenvalue weighted by molar-refractivity contribution is 0.219. The molecular weight excluding hydrogens is 240 g/mol. The lowest BCUT2D eigenvalue weighted by Gasteiger charge is -2.39. The molecule has 106 valence electrons. The second-order valence-corrected chi connectivity index (χ2v) is 5.49. The molecule has 1 saturated heterocycles. The van der Waals surface area contributed by atoms with Crippen LogP contribution >= 0.6 is 0 Å². The van der Waals surface area contributed by atoms with Crippen LogP contribution in [-0.4, -0.2) is 43.0 Å². The van der Waals surface area contributed by atoms with Gasteiger partial charge in [0.1, 0.15) is 5.75 Å². The largest absolute Gasteiger partial charge is 0.489 e. The van der Waals surface area contributed by atoms with E-state index in [4.69, 9.17) is 4.74 Å². The number of aliphatic hydroxyl groups excluding tert-OH is 1. The molecule has 4 heteroatoms. The van der Waals surface area contributed by atoms with Crippen LogP contribution in [0.25, 0.3) is 0 Å². The van der Waals surface area contributed by atoms with Crippen molar-refractivity contribution in [2.75, 3.05) is 24.6 Å². The normalized spacial score (nSPS) is 23.7. The molecule has 1 aromatic carbocycles. The number of rotatable bonds is 4. The zero-order valence-electron chi connectivity index (χ0n) is 12.0. The topological polar surface area (TPSA) is 44.7 Å². The average Bonchev–Trinajstić information content (AvgIpc) is 2.38. The van der Waals surface area contributed by atoms with Crippen molar-refractivity contribution < 1.29 is 9.84 Å². The molecule has 4 nitrogen and oxygen atoms in total. The van der Waals surface area contributed by atoms with Gasteiger partial charge in [0.15, 0.2) is 0 Å². The first-order chi connectivity index (χ1) is 9.10. The van der Waals surface area contributed by atoms with E-state index in [1.165, 1.54) is 0 Å². The van der Waals surface area contributed by atoms with Crippen molar-refractivity contribution in [3.05, 3.63) is 24.3 Å². The molecule has 2 atom stereocenters. The molecule has 0 aromatic heterocycles. The second-order valence-electron chi connectivity index (χ2n) is 5.49. The van der Waals surface area contributed by atoms with Crippen LogP contribution in [0.4, 0.5) is 5.69 Å². The minimum absolute atomic E-state index is 0.121. The maximum Gasteiger partial charge on any atom is 0.142 e. The molecule has 19 heavy (non-hydrogen) atoms. The summed E-state index contributed by atoms with van der Waals surface area (Å²) < 4.78 is 5.88. The highest BCUT2D eigenvalue weighted by molar-refractivity contribution is 5.59. The molecule has 2 N–H and O–H groups in total. The van der Waals surface area contributed by atoms with E-state index in [1.807, 2.05) is 32.0 Å². The Kier molecular flexibility index (Phi) is 4.66. The number of nitrogens with one attached hydrogen (secondary N) is 1. The fourth-order valence-electron chi connectivity index (χ4n) is 2.56. The highest BCUT2D eigenvalue weighted by atomic mass is 16.5. The molecule has 2 rings (SSSR count). The predicted octanol–water partition coefficient (Wildman–Crippen LogP) is 1.63. The quantitative estimate of drug-likeness (QED) is 0.867. The highest BCUT2D eigenvalue weighted by Gasteiger charge is 2.25. The minimum atomic E-state index is 0.121. The molecule has 1 fully saturated rings. The summed E-state index contributed by atoms with van der Waals surface area (Å²) in [6.45, 7) is 8.10. The summed E-state index contributed by atoms with van der Waals surface area (Å²) in [6.07, 6.45) is 0.162. The molecule has 0 radical (unpaired) electrons. The molecule has 1 heterocycles. The number of para-hydroxylation sites is 2. The number of benzene rings is 1. The molecular formula is C15H24N2O2. The number of nitrogens with zero attached hydrogens (tertiary/aromatic N) is 1. The first-order valence-corrected chi connectivity index (χ1v) is 6.97. The summed E-state index contributed by atoms with van der Waals surface area (Å²) in [7, 11) is 0. The lowest BCUT2D eigenvalue weighted by Crippen LogP contribution is -2.57. The van der Waals surface area contributed by atoms with E-state index in [1.54, 1.807) is 0 Å². The smallest absolute Gasteiger partial charge is 0.142 e. The fraction of sp³-hybridized carbons (Fsp3) is 0.600. The number of anilines is 1. The predicted molar refractivity (Wildman–Crippen MR) is 77.9 cm³/mol. The van der Waals surface area contributed by atoms with Gasteiger partial charge in [-0.05, 0) is 32.9 Å². The third kappa shape index (κ3) is 3.61. The van der Waals surface area contributed by atoms with Crippen molar-refractivity contribution in [3.8, 4) is 5.75 Å². The summed E-state index contributed by atoms with van der Waals surface area (Å²) in [6, 6.07) is 8.61. The molecule has 0 spiro atoms. The Hall–Kier alpha value is -1.26. The van der Waals surface area contributed by atoms with Crippen molar-refractivity contribution >= 4 is 5.69 Å². The Labute approximate surface area is 115 Å². The molecule has 0 saturated carbocycles. The highest BCUT2D eigenvalue weighted by Crippen LogP contribution is 2.30. The zero-order valence-corrected chi connectivity index (χ0v) is 12.0. The van der Waals surface area contributed by atoms with Gasteiger partial charge in [0, 0.05) is 25.2 Å². The van der Waals surface area contributed by atoms with Crippen LogP contribution in [0.1, 0.15) is 20.8 Å². The zero-order chi connectivity index (χ0) is 13.8. The second kappa shape index (κ2) is 6.26. The van der Waals surface area contributed by atoms with Gasteiger partial charge in [-0.2, -0.15) is 0 Å². The van der Waals surface area contributed by atoms with Crippen molar-refractivity contribution in [3.63, 3.8) is 0 Å². The fourth-order valence-corrected chi connectivity index (χ4v) is 2.56. The maximum absolute atomic E-state index is 9.37. The van der Waals surface area contributed by atoms with Crippen LogP contribution in [-0.2, 0) is 0 Å². The SMILES string of the molecule is CC1CN(c2ccccc2OC(C)C)CC(CO)N1. The number of hydrogen-bond donors (Lipinski definition) is 2. The Bertz CT molecular complexity index is 409. The van der Waals surface area contributed by atoms with E-state index >= 15 is 0 Å². The molecule has 1 aliphatic heterocycles. The maximum atomic E-state index is 9.37. The molecule has 0 amide bonds. The van der Waals surface area contributed by atoms with Crippen LogP contribution in [0.2, 0.25) is 0 Å². The van der Waals surface area contributed by atoms with Crippen LogP contribution in [0.5, 0.6) is 5.75 Å². The lowest BCUT2D eigenvalue weighted by atomic mass is 10.1. The van der Waals surface area contributed by atoms with Crippen molar-refractivity contribution in [2.24, 2.45) is 0 Å². The third-order valence-electron chi connectivity index (χ3n) is 3.24. The van der Waals surface area contributed by atoms with Gasteiger partial charge < -0.3 is 20.1 Å². The van der Waals surface area contributed by atoms with Crippen molar-refractivity contribution in [1.82, 2.24) is 5.32 Å². The molecule has 1 aromatic rings. The van der Waals surface area contributed by atoms with Gasteiger partial charge in [-0.3, -0.25) is 0 Å². The van der Waals surface area contributed by atoms with E-state index in [0.29, 0.717) is 6.04 Å². The molecule has 0 bridgehead atoms. The number of ether oxygens (including phenoxy) is 1. The van der Waals surface area contributed by atoms with E-state index in [2.05, 4.69) is 23.2 Å². The standard InChI is InChI=1S/C15H24N2O2/c1-11(2)19-15-7-5-4-6-14(15)17-8-12(3)16-13(9-17)10-18/h4-7,11-13,16,18H,8-10H2,1-3H3. The van der Waals surface area contributed by atoms with E-state index < -0.39 is 0 Å². The summed E-state index contributed by atoms with van der Waals surface area (Å²) in [5.74, 6) is 0.920. The average molecular weight is 264 g/mol. The van der Waals surface area contributed by atoms with Gasteiger partial charge in [-0.1, -0.05) is 12.1 Å². The summed E-state index contributed by atoms with van der Waals surface area (Å²) in [4.78, 5) is 2.29. The summed E-state index contributed by atoms with van der Waals surface area (Å²) >= 11 is 0. The Morgan fingerprint density at radius 1 is 1.37 bits per heavy atom. The Morgan fingerprint density at radius 3 is 2.79 bits per heavy atom. The van der Waals surface area contributed by atoms with Gasteiger partial charge >= 0.3 is 0 Å². The van der Waals surface area contributed by atoms with E-state index in [-0.39, 0.29) is 18.8 Å². The van der Waals surface area contributed by atoms with Crippen LogP contribution in [0, 0.1) is 0 Å². The monoisotopic (exact) mass is 264 g/mol. The summed E-state index contributed by atoms with van der Waals surface area (Å²) in [5, 5.41) is 12.8. The van der Waals surface area contributed by atoms with Crippen molar-refractivity contribution in [2.45, 2.75) is 39.0 Å². The Morgan fingerprint density at radius 2 is 2.11 bits per heavy atom. The van der Waals surface area contributed by atoms with Crippen LogP contribution in [0.3, 0.4) is 0 Å². The number of piperazine rings is 1. The minimum Gasteiger partial charge on any atom is -0.489 e. The van der Waals surface area contributed by atoms with Gasteiger partial charge in [-0.15, -0.1) is 0 Å². The van der Waals surface area contributed by atoms with Gasteiger partial charge in [0.05, 0.1) is 18.4 Å². The Balaban J connectivity index is 2.20. The van der Waals surface area contributed by atoms with Gasteiger partial charge in [0.25, 0.3) is 0 Å². The van der Waals surface area contributed by atoms with E-state index in [9.17, 15) is 5.11 Å². The van der Waals surface area contributed by atoms with Crippen LogP contribution in [0.15, 0.2) is 24.3 Å². The summed E-state index contributed by atoms with van der Waals surface area (Å²) in [5.41, 5.74) is 1.11.